The monoisotopic (exact) mass is 592 g/mol. The van der Waals surface area contributed by atoms with Crippen molar-refractivity contribution in [3.05, 3.63) is 105 Å². The fraction of sp³-hybridized carbons (Fsp3) is 0.200. The van der Waals surface area contributed by atoms with Crippen LogP contribution in [0.15, 0.2) is 82.0 Å². The predicted octanol–water partition coefficient (Wildman–Crippen LogP) is 5.88. The molecule has 9 heteroatoms. The molecule has 0 unspecified atom stereocenters. The van der Waals surface area contributed by atoms with Crippen LogP contribution in [-0.2, 0) is 17.6 Å². The van der Waals surface area contributed by atoms with Crippen molar-refractivity contribution >= 4 is 16.9 Å². The Hall–Kier alpha value is -5.44. The van der Waals surface area contributed by atoms with E-state index in [1.807, 2.05) is 30.3 Å². The summed E-state index contributed by atoms with van der Waals surface area (Å²) < 4.78 is 29.4. The third-order valence-electron chi connectivity index (χ3n) is 8.10. The first-order valence-corrected chi connectivity index (χ1v) is 14.3. The fourth-order valence-electron chi connectivity index (χ4n) is 6.01. The summed E-state index contributed by atoms with van der Waals surface area (Å²) in [5.41, 5.74) is 3.18. The van der Waals surface area contributed by atoms with Gasteiger partial charge in [-0.1, -0.05) is 54.6 Å². The maximum atomic E-state index is 13.4. The Balaban J connectivity index is 1.35. The summed E-state index contributed by atoms with van der Waals surface area (Å²) in [6.45, 7) is 0.992. The van der Waals surface area contributed by atoms with Crippen LogP contribution in [0.5, 0.6) is 34.5 Å². The van der Waals surface area contributed by atoms with Gasteiger partial charge >= 0.3 is 5.97 Å². The quantitative estimate of drug-likeness (QED) is 0.135. The molecule has 2 aliphatic rings. The van der Waals surface area contributed by atoms with Gasteiger partial charge in [0.25, 0.3) is 0 Å². The minimum atomic E-state index is -0.767. The number of rotatable bonds is 7. The van der Waals surface area contributed by atoms with E-state index in [4.69, 9.17) is 23.4 Å². The normalized spacial score (nSPS) is 15.3. The van der Waals surface area contributed by atoms with E-state index in [0.29, 0.717) is 42.3 Å². The number of phenols is 2. The number of para-hydroxylation sites is 1. The van der Waals surface area contributed by atoms with E-state index >= 15 is 0 Å². The first-order chi connectivity index (χ1) is 21.4. The van der Waals surface area contributed by atoms with Crippen LogP contribution in [0.1, 0.15) is 34.6 Å². The molecule has 222 valence electrons. The number of carbonyl (C=O) groups excluding carboxylic acids is 1. The average molecular weight is 593 g/mol. The van der Waals surface area contributed by atoms with Crippen LogP contribution in [0.3, 0.4) is 0 Å². The zero-order chi connectivity index (χ0) is 30.4. The largest absolute Gasteiger partial charge is 0.504 e. The van der Waals surface area contributed by atoms with E-state index in [0.717, 1.165) is 17.7 Å². The molecule has 0 radical (unpaired) electrons. The molecule has 1 aromatic heterocycles. The van der Waals surface area contributed by atoms with E-state index < -0.39 is 28.8 Å². The lowest BCUT2D eigenvalue weighted by Crippen LogP contribution is -2.23. The molecule has 2 aliphatic heterocycles. The number of benzene rings is 4. The number of methoxy groups -OCH3 is 1. The van der Waals surface area contributed by atoms with Crippen LogP contribution in [0.2, 0.25) is 0 Å². The van der Waals surface area contributed by atoms with Crippen LogP contribution >= 0.6 is 0 Å². The van der Waals surface area contributed by atoms with E-state index in [-0.39, 0.29) is 34.5 Å². The van der Waals surface area contributed by atoms with Crippen LogP contribution < -0.4 is 24.4 Å². The number of fused-ring (bicyclic) bond motifs is 4. The highest BCUT2D eigenvalue weighted by Gasteiger charge is 2.38. The van der Waals surface area contributed by atoms with E-state index in [2.05, 4.69) is 6.07 Å². The number of ether oxygens (including phenoxy) is 4. The van der Waals surface area contributed by atoms with Crippen LogP contribution in [-0.4, -0.2) is 36.5 Å². The molecule has 7 rings (SSSR count). The number of hydrogen-bond acceptors (Lipinski definition) is 9. The molecule has 9 nitrogen and oxygen atoms in total. The average Bonchev–Trinajstić information content (AvgIpc) is 3.51. The summed E-state index contributed by atoms with van der Waals surface area (Å²) in [5.74, 6) is -1.07. The van der Waals surface area contributed by atoms with Gasteiger partial charge in [0, 0.05) is 36.0 Å². The molecule has 1 atom stereocenters. The van der Waals surface area contributed by atoms with E-state index in [9.17, 15) is 19.8 Å². The molecule has 4 aromatic carbocycles. The summed E-state index contributed by atoms with van der Waals surface area (Å²) in [5, 5.41) is 21.6. The minimum Gasteiger partial charge on any atom is -0.504 e. The number of phenolic OH excluding ortho intramolecular Hbond substituents is 2. The molecule has 0 fully saturated rings. The van der Waals surface area contributed by atoms with Crippen LogP contribution in [0.25, 0.3) is 22.3 Å². The second kappa shape index (κ2) is 11.0. The molecule has 0 spiro atoms. The Kier molecular flexibility index (Phi) is 6.85. The fourth-order valence-corrected chi connectivity index (χ4v) is 6.01. The van der Waals surface area contributed by atoms with Crippen molar-refractivity contribution < 1.29 is 38.4 Å². The summed E-state index contributed by atoms with van der Waals surface area (Å²) in [4.78, 5) is 26.3. The lowest BCUT2D eigenvalue weighted by Gasteiger charge is -2.28. The van der Waals surface area contributed by atoms with Crippen molar-refractivity contribution in [1.82, 2.24) is 0 Å². The second-order valence-corrected chi connectivity index (χ2v) is 10.7. The van der Waals surface area contributed by atoms with Gasteiger partial charge in [0.2, 0.25) is 5.75 Å². The molecule has 44 heavy (non-hydrogen) atoms. The van der Waals surface area contributed by atoms with Gasteiger partial charge < -0.3 is 33.6 Å². The van der Waals surface area contributed by atoms with Gasteiger partial charge in [0.05, 0.1) is 32.3 Å². The summed E-state index contributed by atoms with van der Waals surface area (Å²) in [6.07, 6.45) is 1.34. The standard InChI is InChI=1S/C35H28O9/c1-40-26-9-5-8-22(33(26)42-14-12-19-10-11-25-21(16-19)13-15-41-25)23-17-28(37)44-35-29(23)34-30(31(38)32(35)39)24(36)18-27(43-34)20-6-3-2-4-7-20/h2-11,16,18,23,38-39H,12-15,17H2,1H3/t23-/m1/s1. The third kappa shape index (κ3) is 4.66. The number of esters is 1. The lowest BCUT2D eigenvalue weighted by molar-refractivity contribution is -0.135. The van der Waals surface area contributed by atoms with Gasteiger partial charge in [-0.05, 0) is 23.3 Å². The summed E-state index contributed by atoms with van der Waals surface area (Å²) >= 11 is 0. The van der Waals surface area contributed by atoms with Gasteiger partial charge in [-0.2, -0.15) is 0 Å². The molecule has 5 aromatic rings. The Labute approximate surface area is 251 Å². The highest BCUT2D eigenvalue weighted by molar-refractivity contribution is 5.96. The molecule has 2 N–H and O–H groups in total. The Bertz CT molecular complexity index is 1980. The summed E-state index contributed by atoms with van der Waals surface area (Å²) in [6, 6.07) is 21.7. The Morgan fingerprint density at radius 3 is 2.61 bits per heavy atom. The van der Waals surface area contributed by atoms with Crippen molar-refractivity contribution in [2.75, 3.05) is 20.3 Å². The van der Waals surface area contributed by atoms with Crippen molar-refractivity contribution in [1.29, 1.82) is 0 Å². The first-order valence-electron chi connectivity index (χ1n) is 14.3. The molecular formula is C35H28O9. The molecule has 0 aliphatic carbocycles. The maximum Gasteiger partial charge on any atom is 0.312 e. The van der Waals surface area contributed by atoms with Crippen LogP contribution in [0.4, 0.5) is 0 Å². The SMILES string of the molecule is COc1cccc([C@H]2CC(=O)Oc3c(O)c(O)c4c(=O)cc(-c5ccccc5)oc4c32)c1OCCc1ccc2c(c1)CCO2. The lowest BCUT2D eigenvalue weighted by atomic mass is 9.84. The predicted molar refractivity (Wildman–Crippen MR) is 161 cm³/mol. The highest BCUT2D eigenvalue weighted by Crippen LogP contribution is 2.54. The highest BCUT2D eigenvalue weighted by atomic mass is 16.5. The zero-order valence-electron chi connectivity index (χ0n) is 23.8. The molecule has 0 saturated heterocycles. The molecule has 0 amide bonds. The molecular weight excluding hydrogens is 564 g/mol. The number of hydrogen-bond donors (Lipinski definition) is 2. The van der Waals surface area contributed by atoms with Crippen molar-refractivity contribution in [3.63, 3.8) is 0 Å². The van der Waals surface area contributed by atoms with Gasteiger partial charge in [-0.15, -0.1) is 0 Å². The third-order valence-corrected chi connectivity index (χ3v) is 8.10. The Morgan fingerprint density at radius 2 is 1.80 bits per heavy atom. The molecule has 3 heterocycles. The molecule has 0 bridgehead atoms. The molecule has 0 saturated carbocycles. The van der Waals surface area contributed by atoms with Gasteiger partial charge in [0.15, 0.2) is 28.4 Å². The van der Waals surface area contributed by atoms with Crippen molar-refractivity contribution in [2.45, 2.75) is 25.2 Å². The second-order valence-electron chi connectivity index (χ2n) is 10.7. The smallest absolute Gasteiger partial charge is 0.312 e. The van der Waals surface area contributed by atoms with Gasteiger partial charge in [-0.3, -0.25) is 9.59 Å². The topological polar surface area (TPSA) is 125 Å². The van der Waals surface area contributed by atoms with Crippen LogP contribution in [0, 0.1) is 0 Å². The van der Waals surface area contributed by atoms with Gasteiger partial charge in [0.1, 0.15) is 22.5 Å². The van der Waals surface area contributed by atoms with E-state index in [1.165, 1.54) is 18.7 Å². The van der Waals surface area contributed by atoms with E-state index in [1.54, 1.807) is 30.3 Å². The zero-order valence-corrected chi connectivity index (χ0v) is 23.8. The Morgan fingerprint density at radius 1 is 0.955 bits per heavy atom. The minimum absolute atomic E-state index is 0.00767. The van der Waals surface area contributed by atoms with Crippen molar-refractivity contribution in [3.8, 4) is 45.8 Å². The number of carbonyl (C=O) groups is 1. The first kappa shape index (κ1) is 27.4. The summed E-state index contributed by atoms with van der Waals surface area (Å²) in [7, 11) is 1.53. The maximum absolute atomic E-state index is 13.4. The van der Waals surface area contributed by atoms with Crippen molar-refractivity contribution in [2.24, 2.45) is 0 Å². The van der Waals surface area contributed by atoms with Gasteiger partial charge in [-0.25, -0.2) is 0 Å². The number of aromatic hydroxyl groups is 2.